The fourth-order valence-electron chi connectivity index (χ4n) is 2.53. The number of aliphatic hydroxyl groups is 1. The molecule has 0 fully saturated rings. The number of hydrogen-bond donors (Lipinski definition) is 2. The van der Waals surface area contributed by atoms with E-state index < -0.39 is 0 Å². The van der Waals surface area contributed by atoms with Crippen LogP contribution >= 0.6 is 0 Å². The number of ether oxygens (including phenoxy) is 1. The molecular formula is C19H18N2O3. The van der Waals surface area contributed by atoms with Crippen LogP contribution in [0.1, 0.15) is 6.92 Å². The summed E-state index contributed by atoms with van der Waals surface area (Å²) in [4.78, 5) is 12.5. The Labute approximate surface area is 140 Å². The number of carbonyl (C=O) groups is 1. The summed E-state index contributed by atoms with van der Waals surface area (Å²) in [5.41, 5.74) is 1.33. The highest BCUT2D eigenvalue weighted by Crippen LogP contribution is 2.28. The second-order valence-electron chi connectivity index (χ2n) is 5.37. The molecule has 3 rings (SSSR count). The molecule has 24 heavy (non-hydrogen) atoms. The third kappa shape index (κ3) is 3.25. The van der Waals surface area contributed by atoms with Gasteiger partial charge in [-0.25, -0.2) is 0 Å². The Hall–Kier alpha value is -3.21. The first-order valence-electron chi connectivity index (χ1n) is 7.62. The molecule has 0 saturated carbocycles. The van der Waals surface area contributed by atoms with Gasteiger partial charge in [0.2, 0.25) is 6.41 Å². The van der Waals surface area contributed by atoms with Crippen molar-refractivity contribution in [1.82, 2.24) is 5.32 Å². The van der Waals surface area contributed by atoms with Gasteiger partial charge in [0.15, 0.2) is 0 Å². The van der Waals surface area contributed by atoms with Crippen molar-refractivity contribution in [3.63, 3.8) is 0 Å². The Morgan fingerprint density at radius 2 is 1.75 bits per heavy atom. The zero-order valence-corrected chi connectivity index (χ0v) is 13.2. The Balaban J connectivity index is 1.75. The van der Waals surface area contributed by atoms with Crippen LogP contribution in [0.3, 0.4) is 0 Å². The van der Waals surface area contributed by atoms with E-state index in [1.165, 1.54) is 0 Å². The lowest BCUT2D eigenvalue weighted by Gasteiger charge is -2.31. The SMILES string of the molecule is CC1C(O)=C(NC=O)C=CN1c1ccc(Oc2ccccc2)cc1. The Kier molecular flexibility index (Phi) is 4.52. The van der Waals surface area contributed by atoms with Crippen LogP contribution in [-0.4, -0.2) is 17.6 Å². The number of rotatable bonds is 5. The first kappa shape index (κ1) is 15.7. The van der Waals surface area contributed by atoms with E-state index in [9.17, 15) is 9.90 Å². The summed E-state index contributed by atoms with van der Waals surface area (Å²) in [5.74, 6) is 1.64. The van der Waals surface area contributed by atoms with E-state index in [1.54, 1.807) is 6.08 Å². The second-order valence-corrected chi connectivity index (χ2v) is 5.37. The average Bonchev–Trinajstić information content (AvgIpc) is 2.61. The first-order chi connectivity index (χ1) is 11.7. The van der Waals surface area contributed by atoms with Crippen molar-refractivity contribution in [1.29, 1.82) is 0 Å². The van der Waals surface area contributed by atoms with Gasteiger partial charge in [0.1, 0.15) is 17.3 Å². The standard InChI is InChI=1S/C19H18N2O3/c1-14-19(23)18(20-13-22)11-12-21(14)15-7-9-17(10-8-15)24-16-5-3-2-4-6-16/h2-14,23H,1H3,(H,20,22). The summed E-state index contributed by atoms with van der Waals surface area (Å²) < 4.78 is 5.77. The molecule has 1 amide bonds. The molecule has 2 aromatic carbocycles. The smallest absolute Gasteiger partial charge is 0.211 e. The summed E-state index contributed by atoms with van der Waals surface area (Å²) in [6.07, 6.45) is 4.04. The zero-order chi connectivity index (χ0) is 16.9. The molecule has 0 spiro atoms. The Bertz CT molecular complexity index is 767. The van der Waals surface area contributed by atoms with Gasteiger partial charge in [-0.15, -0.1) is 0 Å². The molecule has 0 aromatic heterocycles. The van der Waals surface area contributed by atoms with Crippen LogP contribution in [0, 0.1) is 0 Å². The van der Waals surface area contributed by atoms with Gasteiger partial charge in [-0.3, -0.25) is 4.79 Å². The van der Waals surface area contributed by atoms with E-state index in [-0.39, 0.29) is 11.8 Å². The maximum Gasteiger partial charge on any atom is 0.211 e. The molecule has 5 heteroatoms. The number of aliphatic hydroxyl groups excluding tert-OH is 1. The van der Waals surface area contributed by atoms with Gasteiger partial charge in [0.25, 0.3) is 0 Å². The number of benzene rings is 2. The van der Waals surface area contributed by atoms with Crippen LogP contribution in [0.15, 0.2) is 78.3 Å². The molecule has 0 aliphatic carbocycles. The summed E-state index contributed by atoms with van der Waals surface area (Å²) >= 11 is 0. The molecule has 1 heterocycles. The molecule has 2 N–H and O–H groups in total. The van der Waals surface area contributed by atoms with E-state index in [1.807, 2.05) is 72.6 Å². The monoisotopic (exact) mass is 322 g/mol. The van der Waals surface area contributed by atoms with Gasteiger partial charge in [-0.05, 0) is 49.4 Å². The van der Waals surface area contributed by atoms with Crippen LogP contribution in [0.4, 0.5) is 5.69 Å². The van der Waals surface area contributed by atoms with Crippen LogP contribution in [-0.2, 0) is 4.79 Å². The number of nitrogens with one attached hydrogen (secondary N) is 1. The van der Waals surface area contributed by atoms with E-state index in [0.717, 1.165) is 17.2 Å². The molecule has 1 atom stereocenters. The maximum atomic E-state index is 10.5. The predicted molar refractivity (Wildman–Crippen MR) is 92.9 cm³/mol. The van der Waals surface area contributed by atoms with Gasteiger partial charge >= 0.3 is 0 Å². The number of allylic oxidation sites excluding steroid dienone is 1. The molecule has 1 aliphatic heterocycles. The lowest BCUT2D eigenvalue weighted by atomic mass is 10.1. The third-order valence-electron chi connectivity index (χ3n) is 3.82. The van der Waals surface area contributed by atoms with E-state index in [4.69, 9.17) is 4.74 Å². The summed E-state index contributed by atoms with van der Waals surface area (Å²) in [6.45, 7) is 1.86. The summed E-state index contributed by atoms with van der Waals surface area (Å²) in [6, 6.07) is 16.9. The molecule has 0 bridgehead atoms. The average molecular weight is 322 g/mol. The number of nitrogens with zero attached hydrogens (tertiary/aromatic N) is 1. The largest absolute Gasteiger partial charge is 0.508 e. The predicted octanol–water partition coefficient (Wildman–Crippen LogP) is 3.72. The van der Waals surface area contributed by atoms with Crippen molar-refractivity contribution < 1.29 is 14.6 Å². The molecule has 2 aromatic rings. The number of amides is 1. The number of anilines is 1. The van der Waals surface area contributed by atoms with Gasteiger partial charge in [0.05, 0.1) is 11.7 Å². The van der Waals surface area contributed by atoms with Crippen molar-refractivity contribution in [3.8, 4) is 11.5 Å². The first-order valence-corrected chi connectivity index (χ1v) is 7.62. The Morgan fingerprint density at radius 3 is 2.42 bits per heavy atom. The second kappa shape index (κ2) is 6.91. The van der Waals surface area contributed by atoms with Crippen molar-refractivity contribution in [2.24, 2.45) is 0 Å². The van der Waals surface area contributed by atoms with Crippen molar-refractivity contribution in [2.45, 2.75) is 13.0 Å². The fourth-order valence-corrected chi connectivity index (χ4v) is 2.53. The van der Waals surface area contributed by atoms with Gasteiger partial charge in [-0.2, -0.15) is 0 Å². The highest BCUT2D eigenvalue weighted by molar-refractivity contribution is 5.59. The normalized spacial score (nSPS) is 16.9. The summed E-state index contributed by atoms with van der Waals surface area (Å²) in [5, 5.41) is 12.7. The molecule has 5 nitrogen and oxygen atoms in total. The Morgan fingerprint density at radius 1 is 1.08 bits per heavy atom. The number of carbonyl (C=O) groups excluding carboxylic acids is 1. The van der Waals surface area contributed by atoms with Crippen LogP contribution in [0.2, 0.25) is 0 Å². The molecule has 1 unspecified atom stereocenters. The number of para-hydroxylation sites is 1. The van der Waals surface area contributed by atoms with E-state index >= 15 is 0 Å². The van der Waals surface area contributed by atoms with Crippen molar-refractivity contribution in [3.05, 3.63) is 78.3 Å². The fraction of sp³-hybridized carbons (Fsp3) is 0.105. The summed E-state index contributed by atoms with van der Waals surface area (Å²) in [7, 11) is 0. The molecule has 122 valence electrons. The number of hydrogen-bond acceptors (Lipinski definition) is 4. The highest BCUT2D eigenvalue weighted by atomic mass is 16.5. The van der Waals surface area contributed by atoms with Crippen LogP contribution in [0.5, 0.6) is 11.5 Å². The zero-order valence-electron chi connectivity index (χ0n) is 13.2. The van der Waals surface area contributed by atoms with Crippen molar-refractivity contribution in [2.75, 3.05) is 4.90 Å². The van der Waals surface area contributed by atoms with E-state index in [2.05, 4.69) is 5.32 Å². The van der Waals surface area contributed by atoms with Gasteiger partial charge in [-0.1, -0.05) is 18.2 Å². The highest BCUT2D eigenvalue weighted by Gasteiger charge is 2.22. The topological polar surface area (TPSA) is 61.8 Å². The van der Waals surface area contributed by atoms with Crippen LogP contribution in [0.25, 0.3) is 0 Å². The lowest BCUT2D eigenvalue weighted by molar-refractivity contribution is -0.108. The molecule has 1 aliphatic rings. The molecule has 0 radical (unpaired) electrons. The minimum Gasteiger partial charge on any atom is -0.508 e. The minimum atomic E-state index is -0.279. The van der Waals surface area contributed by atoms with Crippen LogP contribution < -0.4 is 15.0 Å². The maximum absolute atomic E-state index is 10.5. The van der Waals surface area contributed by atoms with Gasteiger partial charge < -0.3 is 20.1 Å². The quantitative estimate of drug-likeness (QED) is 0.824. The molecule has 0 saturated heterocycles. The van der Waals surface area contributed by atoms with Crippen molar-refractivity contribution >= 4 is 12.1 Å². The third-order valence-corrected chi connectivity index (χ3v) is 3.82. The van der Waals surface area contributed by atoms with E-state index in [0.29, 0.717) is 12.1 Å². The van der Waals surface area contributed by atoms with Gasteiger partial charge in [0, 0.05) is 11.9 Å². The lowest BCUT2D eigenvalue weighted by Crippen LogP contribution is -2.34. The minimum absolute atomic E-state index is 0.120. The molecular weight excluding hydrogens is 304 g/mol.